The normalized spacial score (nSPS) is 14.4. The highest BCUT2D eigenvalue weighted by molar-refractivity contribution is 5.21. The molecule has 86 valence electrons. The van der Waals surface area contributed by atoms with Crippen molar-refractivity contribution in [2.75, 3.05) is 13.1 Å². The Morgan fingerprint density at radius 1 is 1.25 bits per heavy atom. The Kier molecular flexibility index (Phi) is 4.94. The molecule has 0 N–H and O–H groups in total. The van der Waals surface area contributed by atoms with E-state index in [0.717, 1.165) is 0 Å². The van der Waals surface area contributed by atoms with E-state index >= 15 is 0 Å². The van der Waals surface area contributed by atoms with Crippen molar-refractivity contribution >= 4 is 0 Å². The predicted octanol–water partition coefficient (Wildman–Crippen LogP) is 2.93. The van der Waals surface area contributed by atoms with Gasteiger partial charge in [-0.25, -0.2) is 4.39 Å². The number of benzene rings is 1. The van der Waals surface area contributed by atoms with Crippen LogP contribution >= 0.6 is 0 Å². The van der Waals surface area contributed by atoms with E-state index in [2.05, 4.69) is 6.07 Å². The van der Waals surface area contributed by atoms with Crippen LogP contribution in [-0.4, -0.2) is 24.0 Å². The zero-order valence-corrected chi connectivity index (χ0v) is 9.73. The van der Waals surface area contributed by atoms with Crippen molar-refractivity contribution < 1.29 is 4.39 Å². The van der Waals surface area contributed by atoms with Crippen LogP contribution in [0.1, 0.15) is 25.6 Å². The van der Waals surface area contributed by atoms with E-state index in [1.807, 2.05) is 24.8 Å². The van der Waals surface area contributed by atoms with Crippen LogP contribution in [0.3, 0.4) is 0 Å². The fraction of sp³-hybridized carbons (Fsp3) is 0.462. The highest BCUT2D eigenvalue weighted by Gasteiger charge is 2.26. The maximum atomic E-state index is 14.2. The minimum atomic E-state index is -1.24. The van der Waals surface area contributed by atoms with Gasteiger partial charge in [0.05, 0.1) is 6.07 Å². The van der Waals surface area contributed by atoms with Gasteiger partial charge in [0, 0.05) is 0 Å². The van der Waals surface area contributed by atoms with Gasteiger partial charge in [-0.15, -0.1) is 0 Å². The van der Waals surface area contributed by atoms with Crippen molar-refractivity contribution in [1.29, 1.82) is 5.26 Å². The molecule has 0 aromatic heterocycles. The molecule has 0 saturated heterocycles. The number of nitriles is 1. The summed E-state index contributed by atoms with van der Waals surface area (Å²) in [7, 11) is 0. The second-order valence-electron chi connectivity index (χ2n) is 3.61. The Labute approximate surface area is 96.3 Å². The lowest BCUT2D eigenvalue weighted by molar-refractivity contribution is 0.158. The van der Waals surface area contributed by atoms with Gasteiger partial charge in [-0.3, -0.25) is 4.90 Å². The number of alkyl halides is 1. The molecule has 0 spiro atoms. The van der Waals surface area contributed by atoms with Gasteiger partial charge in [-0.2, -0.15) is 5.26 Å². The van der Waals surface area contributed by atoms with Gasteiger partial charge < -0.3 is 0 Å². The third-order valence-electron chi connectivity index (χ3n) is 2.73. The molecule has 2 nitrogen and oxygen atoms in total. The Balaban J connectivity index is 2.86. The zero-order valence-electron chi connectivity index (χ0n) is 9.73. The van der Waals surface area contributed by atoms with Crippen molar-refractivity contribution in [3.05, 3.63) is 35.9 Å². The molecule has 0 aliphatic rings. The smallest absolute Gasteiger partial charge is 0.154 e. The largest absolute Gasteiger partial charge is 0.286 e. The molecule has 0 aliphatic heterocycles. The molecule has 1 aromatic carbocycles. The summed E-state index contributed by atoms with van der Waals surface area (Å²) in [6, 6.07) is 10.2. The van der Waals surface area contributed by atoms with E-state index in [0.29, 0.717) is 18.7 Å². The number of rotatable bonds is 5. The summed E-state index contributed by atoms with van der Waals surface area (Å²) in [5.74, 6) is 0. The number of likely N-dealkylation sites (N-methyl/N-ethyl adjacent to an activating group) is 1. The third kappa shape index (κ3) is 2.80. The first kappa shape index (κ1) is 12.7. The van der Waals surface area contributed by atoms with E-state index in [-0.39, 0.29) is 0 Å². The number of hydrogen-bond donors (Lipinski definition) is 0. The summed E-state index contributed by atoms with van der Waals surface area (Å²) in [6.45, 7) is 5.24. The summed E-state index contributed by atoms with van der Waals surface area (Å²) < 4.78 is 14.2. The lowest BCUT2D eigenvalue weighted by Crippen LogP contribution is -2.37. The van der Waals surface area contributed by atoms with Gasteiger partial charge in [0.2, 0.25) is 0 Å². The third-order valence-corrected chi connectivity index (χ3v) is 2.73. The molecule has 0 saturated carbocycles. The summed E-state index contributed by atoms with van der Waals surface area (Å²) in [5, 5.41) is 9.06. The van der Waals surface area contributed by atoms with Crippen LogP contribution in [0.15, 0.2) is 30.3 Å². The topological polar surface area (TPSA) is 27.0 Å². The molecule has 0 radical (unpaired) electrons. The van der Waals surface area contributed by atoms with E-state index in [1.54, 1.807) is 24.3 Å². The van der Waals surface area contributed by atoms with Crippen molar-refractivity contribution in [2.24, 2.45) is 0 Å². The molecular weight excluding hydrogens is 203 g/mol. The van der Waals surface area contributed by atoms with Crippen molar-refractivity contribution in [2.45, 2.75) is 26.1 Å². The standard InChI is InChI=1S/C13H17FN2/c1-3-16(4-2)12(10-15)13(14)11-8-6-5-7-9-11/h5-9,12-13H,3-4H2,1-2H3. The SMILES string of the molecule is CCN(CC)C(C#N)C(F)c1ccccc1. The number of nitrogens with zero attached hydrogens (tertiary/aromatic N) is 2. The molecule has 2 unspecified atom stereocenters. The molecule has 0 bridgehead atoms. The molecule has 1 aromatic rings. The maximum Gasteiger partial charge on any atom is 0.154 e. The summed E-state index contributed by atoms with van der Waals surface area (Å²) in [6.07, 6.45) is -1.24. The minimum Gasteiger partial charge on any atom is -0.286 e. The van der Waals surface area contributed by atoms with Crippen LogP contribution in [0.25, 0.3) is 0 Å². The maximum absolute atomic E-state index is 14.2. The van der Waals surface area contributed by atoms with E-state index in [9.17, 15) is 4.39 Å². The van der Waals surface area contributed by atoms with Crippen LogP contribution in [0, 0.1) is 11.3 Å². The first-order chi connectivity index (χ1) is 7.74. The Morgan fingerprint density at radius 3 is 2.25 bits per heavy atom. The summed E-state index contributed by atoms with van der Waals surface area (Å²) in [4.78, 5) is 1.83. The first-order valence-corrected chi connectivity index (χ1v) is 5.57. The van der Waals surface area contributed by atoms with Gasteiger partial charge >= 0.3 is 0 Å². The number of hydrogen-bond acceptors (Lipinski definition) is 2. The Morgan fingerprint density at radius 2 is 1.81 bits per heavy atom. The highest BCUT2D eigenvalue weighted by Crippen LogP contribution is 2.24. The molecule has 0 amide bonds. The van der Waals surface area contributed by atoms with Crippen molar-refractivity contribution in [3.63, 3.8) is 0 Å². The van der Waals surface area contributed by atoms with Crippen molar-refractivity contribution in [3.8, 4) is 6.07 Å². The number of halogens is 1. The van der Waals surface area contributed by atoms with Gasteiger partial charge in [0.1, 0.15) is 6.04 Å². The van der Waals surface area contributed by atoms with Crippen LogP contribution in [0.5, 0.6) is 0 Å². The van der Waals surface area contributed by atoms with E-state index < -0.39 is 12.2 Å². The molecule has 3 heteroatoms. The van der Waals surface area contributed by atoms with Gasteiger partial charge in [0.15, 0.2) is 6.17 Å². The average molecular weight is 220 g/mol. The monoisotopic (exact) mass is 220 g/mol. The Hall–Kier alpha value is -1.40. The predicted molar refractivity (Wildman–Crippen MR) is 62.6 cm³/mol. The minimum absolute atomic E-state index is 0.570. The van der Waals surface area contributed by atoms with Gasteiger partial charge in [-0.1, -0.05) is 44.2 Å². The van der Waals surface area contributed by atoms with Crippen LogP contribution in [-0.2, 0) is 0 Å². The van der Waals surface area contributed by atoms with Crippen LogP contribution in [0.4, 0.5) is 4.39 Å². The fourth-order valence-corrected chi connectivity index (χ4v) is 1.77. The summed E-state index contributed by atoms with van der Waals surface area (Å²) in [5.41, 5.74) is 0.570. The van der Waals surface area contributed by atoms with Gasteiger partial charge in [-0.05, 0) is 18.7 Å². The first-order valence-electron chi connectivity index (χ1n) is 5.57. The second kappa shape index (κ2) is 6.24. The lowest BCUT2D eigenvalue weighted by Gasteiger charge is -2.26. The van der Waals surface area contributed by atoms with E-state index in [4.69, 9.17) is 5.26 Å². The molecule has 0 fully saturated rings. The molecule has 2 atom stereocenters. The fourth-order valence-electron chi connectivity index (χ4n) is 1.77. The molecule has 0 aliphatic carbocycles. The quantitative estimate of drug-likeness (QED) is 0.762. The van der Waals surface area contributed by atoms with Crippen molar-refractivity contribution in [1.82, 2.24) is 4.90 Å². The molecule has 1 rings (SSSR count). The van der Waals surface area contributed by atoms with Crippen LogP contribution in [0.2, 0.25) is 0 Å². The zero-order chi connectivity index (χ0) is 12.0. The molecular formula is C13H17FN2. The van der Waals surface area contributed by atoms with Crippen LogP contribution < -0.4 is 0 Å². The van der Waals surface area contributed by atoms with E-state index in [1.165, 1.54) is 0 Å². The van der Waals surface area contributed by atoms with Gasteiger partial charge in [0.25, 0.3) is 0 Å². The summed E-state index contributed by atoms with van der Waals surface area (Å²) >= 11 is 0. The highest BCUT2D eigenvalue weighted by atomic mass is 19.1. The Bertz CT molecular complexity index is 341. The average Bonchev–Trinajstić information content (AvgIpc) is 2.36. The second-order valence-corrected chi connectivity index (χ2v) is 3.61. The molecule has 16 heavy (non-hydrogen) atoms. The lowest BCUT2D eigenvalue weighted by atomic mass is 10.0. The molecule has 0 heterocycles.